The van der Waals surface area contributed by atoms with Gasteiger partial charge in [-0.15, -0.1) is 0 Å². The predicted octanol–water partition coefficient (Wildman–Crippen LogP) is 2.35. The van der Waals surface area contributed by atoms with Crippen molar-refractivity contribution in [3.63, 3.8) is 0 Å². The summed E-state index contributed by atoms with van der Waals surface area (Å²) in [6, 6.07) is 4.59. The maximum atomic E-state index is 13.4. The van der Waals surface area contributed by atoms with Gasteiger partial charge in [0.2, 0.25) is 11.6 Å². The Morgan fingerprint density at radius 3 is 3.12 bits per heavy atom. The molecule has 26 heavy (non-hydrogen) atoms. The van der Waals surface area contributed by atoms with Gasteiger partial charge in [-0.1, -0.05) is 11.2 Å². The molecule has 1 aliphatic carbocycles. The van der Waals surface area contributed by atoms with Gasteiger partial charge in [0.05, 0.1) is 0 Å². The van der Waals surface area contributed by atoms with Crippen molar-refractivity contribution < 1.29 is 13.5 Å². The standard InChI is InChI=1S/C16H14FN5O3S/c1-26-5-4-18-14-13(19-25-20-14)15-21-24-16(23)22(15)8-10-6-9-2-3-11(17)7-12(9)10/h2-3,7-8H,4-6H2,1H3,(H,18,20)/b10-8-. The zero-order chi connectivity index (χ0) is 18.1. The van der Waals surface area contributed by atoms with Crippen LogP contribution < -0.4 is 11.1 Å². The van der Waals surface area contributed by atoms with Crippen LogP contribution in [0.3, 0.4) is 0 Å². The molecule has 0 radical (unpaired) electrons. The van der Waals surface area contributed by atoms with Gasteiger partial charge >= 0.3 is 5.76 Å². The topological polar surface area (TPSA) is 99.0 Å². The number of benzene rings is 1. The first-order valence-electron chi connectivity index (χ1n) is 7.81. The van der Waals surface area contributed by atoms with Crippen LogP contribution in [0.4, 0.5) is 10.2 Å². The highest BCUT2D eigenvalue weighted by Gasteiger charge is 2.24. The van der Waals surface area contributed by atoms with Crippen LogP contribution in [-0.2, 0) is 6.42 Å². The summed E-state index contributed by atoms with van der Waals surface area (Å²) < 4.78 is 24.2. The van der Waals surface area contributed by atoms with E-state index in [9.17, 15) is 9.18 Å². The third-order valence-corrected chi connectivity index (χ3v) is 4.63. The summed E-state index contributed by atoms with van der Waals surface area (Å²) in [5.74, 6) is 0.410. The molecule has 2 aromatic heterocycles. The highest BCUT2D eigenvalue weighted by molar-refractivity contribution is 7.98. The molecule has 8 nitrogen and oxygen atoms in total. The van der Waals surface area contributed by atoms with Crippen molar-refractivity contribution in [2.45, 2.75) is 6.42 Å². The summed E-state index contributed by atoms with van der Waals surface area (Å²) in [4.78, 5) is 12.1. The van der Waals surface area contributed by atoms with Crippen molar-refractivity contribution in [2.24, 2.45) is 0 Å². The first kappa shape index (κ1) is 16.6. The van der Waals surface area contributed by atoms with E-state index in [2.05, 4.69) is 20.8 Å². The van der Waals surface area contributed by atoms with Gasteiger partial charge in [-0.3, -0.25) is 4.52 Å². The Hall–Kier alpha value is -2.88. The van der Waals surface area contributed by atoms with Crippen LogP contribution in [0.2, 0.25) is 0 Å². The lowest BCUT2D eigenvalue weighted by molar-refractivity contribution is 0.309. The SMILES string of the molecule is CSCCNc1nonc1-c1noc(=O)n1/C=C1/Cc2ccc(F)cc21. The number of halogens is 1. The second-order valence-corrected chi connectivity index (χ2v) is 6.64. The minimum atomic E-state index is -0.671. The van der Waals surface area contributed by atoms with Crippen LogP contribution in [0, 0.1) is 5.82 Å². The van der Waals surface area contributed by atoms with Crippen LogP contribution in [0.1, 0.15) is 11.1 Å². The molecule has 0 spiro atoms. The fraction of sp³-hybridized carbons (Fsp3) is 0.250. The van der Waals surface area contributed by atoms with E-state index in [1.54, 1.807) is 24.0 Å². The Labute approximate surface area is 151 Å². The number of thioether (sulfide) groups is 1. The van der Waals surface area contributed by atoms with Crippen LogP contribution in [0.5, 0.6) is 0 Å². The average molecular weight is 375 g/mol. The molecule has 3 aromatic rings. The number of hydrogen-bond acceptors (Lipinski definition) is 8. The summed E-state index contributed by atoms with van der Waals surface area (Å²) in [6.45, 7) is 0.651. The Bertz CT molecular complexity index is 1040. The number of aromatic nitrogens is 4. The van der Waals surface area contributed by atoms with Crippen molar-refractivity contribution in [1.29, 1.82) is 0 Å². The van der Waals surface area contributed by atoms with E-state index in [0.29, 0.717) is 18.8 Å². The zero-order valence-electron chi connectivity index (χ0n) is 13.7. The van der Waals surface area contributed by atoms with E-state index in [1.807, 2.05) is 6.26 Å². The summed E-state index contributed by atoms with van der Waals surface area (Å²) >= 11 is 1.68. The molecule has 0 atom stereocenters. The van der Waals surface area contributed by atoms with Crippen molar-refractivity contribution in [2.75, 3.05) is 23.9 Å². The van der Waals surface area contributed by atoms with E-state index in [1.165, 1.54) is 16.7 Å². The van der Waals surface area contributed by atoms with Gasteiger partial charge in [-0.05, 0) is 45.4 Å². The van der Waals surface area contributed by atoms with Gasteiger partial charge < -0.3 is 5.32 Å². The Morgan fingerprint density at radius 1 is 1.38 bits per heavy atom. The number of nitrogens with one attached hydrogen (secondary N) is 1. The highest BCUT2D eigenvalue weighted by Crippen LogP contribution is 2.35. The summed E-state index contributed by atoms with van der Waals surface area (Å²) in [6.07, 6.45) is 4.20. The second-order valence-electron chi connectivity index (χ2n) is 5.66. The molecular formula is C16H14FN5O3S. The van der Waals surface area contributed by atoms with E-state index >= 15 is 0 Å². The third kappa shape index (κ3) is 2.92. The molecule has 134 valence electrons. The van der Waals surface area contributed by atoms with E-state index in [4.69, 9.17) is 9.15 Å². The molecule has 2 heterocycles. The number of nitrogens with zero attached hydrogens (tertiary/aromatic N) is 4. The Balaban J connectivity index is 1.69. The molecule has 0 unspecified atom stereocenters. The van der Waals surface area contributed by atoms with Crippen LogP contribution >= 0.6 is 11.8 Å². The largest absolute Gasteiger partial charge is 0.446 e. The fourth-order valence-electron chi connectivity index (χ4n) is 2.72. The second kappa shape index (κ2) is 6.79. The lowest BCUT2D eigenvalue weighted by Gasteiger charge is -2.22. The van der Waals surface area contributed by atoms with E-state index in [-0.39, 0.29) is 17.3 Å². The molecule has 0 saturated carbocycles. The number of allylic oxidation sites excluding steroid dienone is 1. The lowest BCUT2D eigenvalue weighted by atomic mass is 9.83. The van der Waals surface area contributed by atoms with Gasteiger partial charge in [0.25, 0.3) is 0 Å². The predicted molar refractivity (Wildman–Crippen MR) is 95.2 cm³/mol. The van der Waals surface area contributed by atoms with Gasteiger partial charge in [0.15, 0.2) is 5.69 Å². The molecule has 0 saturated heterocycles. The Morgan fingerprint density at radius 2 is 2.27 bits per heavy atom. The van der Waals surface area contributed by atoms with Crippen molar-refractivity contribution in [3.8, 4) is 11.5 Å². The highest BCUT2D eigenvalue weighted by atomic mass is 32.2. The fourth-order valence-corrected chi connectivity index (χ4v) is 3.02. The molecule has 1 aromatic carbocycles. The molecule has 0 bridgehead atoms. The molecule has 0 amide bonds. The third-order valence-electron chi connectivity index (χ3n) is 4.02. The lowest BCUT2D eigenvalue weighted by Crippen LogP contribution is -2.15. The van der Waals surface area contributed by atoms with Crippen LogP contribution in [0.25, 0.3) is 23.3 Å². The first-order valence-corrected chi connectivity index (χ1v) is 9.20. The average Bonchev–Trinajstić information content (AvgIpc) is 3.21. The monoisotopic (exact) mass is 375 g/mol. The van der Waals surface area contributed by atoms with Crippen molar-refractivity contribution >= 4 is 29.4 Å². The number of hydrogen-bond donors (Lipinski definition) is 1. The number of rotatable bonds is 6. The minimum Gasteiger partial charge on any atom is -0.364 e. The zero-order valence-corrected chi connectivity index (χ0v) is 14.5. The molecule has 4 rings (SSSR count). The van der Waals surface area contributed by atoms with Gasteiger partial charge in [0.1, 0.15) is 5.82 Å². The molecule has 0 aliphatic heterocycles. The van der Waals surface area contributed by atoms with Crippen LogP contribution in [-0.4, -0.2) is 38.6 Å². The summed E-state index contributed by atoms with van der Waals surface area (Å²) in [5, 5.41) is 14.5. The molecule has 1 N–H and O–H groups in total. The maximum Gasteiger partial charge on any atom is 0.446 e. The van der Waals surface area contributed by atoms with E-state index in [0.717, 1.165) is 22.5 Å². The summed E-state index contributed by atoms with van der Waals surface area (Å²) in [7, 11) is 0. The Kier molecular flexibility index (Phi) is 4.33. The summed E-state index contributed by atoms with van der Waals surface area (Å²) in [5.41, 5.74) is 2.86. The molecule has 10 heteroatoms. The van der Waals surface area contributed by atoms with Crippen LogP contribution in [0.15, 0.2) is 32.1 Å². The van der Waals surface area contributed by atoms with Gasteiger partial charge in [-0.25, -0.2) is 18.4 Å². The first-order chi connectivity index (χ1) is 12.7. The smallest absolute Gasteiger partial charge is 0.364 e. The van der Waals surface area contributed by atoms with Gasteiger partial charge in [-0.2, -0.15) is 11.8 Å². The number of fused-ring (bicyclic) bond motifs is 1. The van der Waals surface area contributed by atoms with Gasteiger partial charge in [0, 0.05) is 24.9 Å². The van der Waals surface area contributed by atoms with Crippen molar-refractivity contribution in [1.82, 2.24) is 20.0 Å². The normalized spacial score (nSPS) is 14.3. The molecular weight excluding hydrogens is 361 g/mol. The van der Waals surface area contributed by atoms with Crippen molar-refractivity contribution in [3.05, 3.63) is 45.7 Å². The molecule has 0 fully saturated rings. The molecule has 1 aliphatic rings. The quantitative estimate of drug-likeness (QED) is 0.656. The maximum absolute atomic E-state index is 13.4. The van der Waals surface area contributed by atoms with E-state index < -0.39 is 5.76 Å². The number of anilines is 1. The minimum absolute atomic E-state index is 0.167.